The van der Waals surface area contributed by atoms with E-state index < -0.39 is 5.91 Å². The van der Waals surface area contributed by atoms with E-state index in [1.807, 2.05) is 22.9 Å². The van der Waals surface area contributed by atoms with Crippen LogP contribution in [-0.4, -0.2) is 20.7 Å². The van der Waals surface area contributed by atoms with Crippen LogP contribution in [0.3, 0.4) is 0 Å². The fourth-order valence-electron chi connectivity index (χ4n) is 1.64. The number of thiophene rings is 1. The molecule has 0 aliphatic heterocycles. The summed E-state index contributed by atoms with van der Waals surface area (Å²) in [6, 6.07) is 5.66. The molecule has 0 spiro atoms. The highest BCUT2D eigenvalue weighted by Crippen LogP contribution is 2.27. The first-order valence-electron chi connectivity index (χ1n) is 5.54. The number of hydrogen-bond acceptors (Lipinski definition) is 5. The van der Waals surface area contributed by atoms with Gasteiger partial charge in [-0.05, 0) is 17.5 Å². The summed E-state index contributed by atoms with van der Waals surface area (Å²) in [4.78, 5) is 16.7. The first kappa shape index (κ1) is 12.1. The van der Waals surface area contributed by atoms with Crippen molar-refractivity contribution < 1.29 is 4.79 Å². The Morgan fingerprint density at radius 2 is 2.26 bits per heavy atom. The molecule has 0 fully saturated rings. The second kappa shape index (κ2) is 4.94. The van der Waals surface area contributed by atoms with Crippen LogP contribution in [0, 0.1) is 0 Å². The lowest BCUT2D eigenvalue weighted by Gasteiger charge is -1.96. The van der Waals surface area contributed by atoms with Crippen LogP contribution in [0.4, 0.5) is 0 Å². The molecule has 5 nitrogen and oxygen atoms in total. The van der Waals surface area contributed by atoms with Crippen molar-refractivity contribution in [1.82, 2.24) is 14.8 Å². The summed E-state index contributed by atoms with van der Waals surface area (Å²) in [6.07, 6.45) is 1.73. The van der Waals surface area contributed by atoms with Gasteiger partial charge < -0.3 is 5.73 Å². The van der Waals surface area contributed by atoms with Crippen molar-refractivity contribution in [3.05, 3.63) is 46.5 Å². The maximum atomic E-state index is 11.0. The van der Waals surface area contributed by atoms with E-state index in [2.05, 4.69) is 10.1 Å². The summed E-state index contributed by atoms with van der Waals surface area (Å²) in [6.45, 7) is 0.537. The molecule has 2 N–H and O–H groups in total. The molecule has 3 aromatic rings. The Morgan fingerprint density at radius 1 is 1.37 bits per heavy atom. The molecule has 0 bridgehead atoms. The standard InChI is InChI=1S/C12H10N4OS2/c13-11(17)9-3-4-16(15-9)6-8-7-19-12(14-8)10-2-1-5-18-10/h1-5,7H,6H2,(H2,13,17). The Balaban J connectivity index is 1.78. The summed E-state index contributed by atoms with van der Waals surface area (Å²) < 4.78 is 1.66. The minimum absolute atomic E-state index is 0.272. The second-order valence-electron chi connectivity index (χ2n) is 3.88. The number of carbonyl (C=O) groups excluding carboxylic acids is 1. The normalized spacial score (nSPS) is 10.7. The summed E-state index contributed by atoms with van der Waals surface area (Å²) >= 11 is 3.27. The third-order valence-electron chi connectivity index (χ3n) is 2.50. The van der Waals surface area contributed by atoms with E-state index in [0.717, 1.165) is 15.6 Å². The minimum Gasteiger partial charge on any atom is -0.364 e. The molecule has 0 saturated heterocycles. The van der Waals surface area contributed by atoms with Gasteiger partial charge in [-0.3, -0.25) is 9.48 Å². The monoisotopic (exact) mass is 290 g/mol. The molecule has 3 heterocycles. The molecule has 0 unspecified atom stereocenters. The van der Waals surface area contributed by atoms with Crippen molar-refractivity contribution in [1.29, 1.82) is 0 Å². The minimum atomic E-state index is -0.517. The summed E-state index contributed by atoms with van der Waals surface area (Å²) in [5.41, 5.74) is 6.36. The largest absolute Gasteiger partial charge is 0.364 e. The quantitative estimate of drug-likeness (QED) is 0.800. The maximum absolute atomic E-state index is 11.0. The molecular formula is C12H10N4OS2. The third-order valence-corrected chi connectivity index (χ3v) is 4.43. The number of nitrogens with zero attached hydrogens (tertiary/aromatic N) is 3. The molecule has 0 aliphatic rings. The van der Waals surface area contributed by atoms with Crippen molar-refractivity contribution in [2.75, 3.05) is 0 Å². The fourth-order valence-corrected chi connectivity index (χ4v) is 3.27. The van der Waals surface area contributed by atoms with Gasteiger partial charge in [0.1, 0.15) is 10.7 Å². The number of carbonyl (C=O) groups is 1. The molecule has 0 saturated carbocycles. The molecule has 0 aromatic carbocycles. The highest BCUT2D eigenvalue weighted by atomic mass is 32.1. The van der Waals surface area contributed by atoms with Gasteiger partial charge in [0.15, 0.2) is 0 Å². The van der Waals surface area contributed by atoms with Crippen LogP contribution in [0.1, 0.15) is 16.2 Å². The van der Waals surface area contributed by atoms with E-state index in [1.165, 1.54) is 0 Å². The highest BCUT2D eigenvalue weighted by Gasteiger charge is 2.08. The van der Waals surface area contributed by atoms with Gasteiger partial charge in [-0.25, -0.2) is 4.98 Å². The van der Waals surface area contributed by atoms with Crippen LogP contribution < -0.4 is 5.73 Å². The first-order valence-corrected chi connectivity index (χ1v) is 7.30. The number of amides is 1. The van der Waals surface area contributed by atoms with E-state index >= 15 is 0 Å². The lowest BCUT2D eigenvalue weighted by atomic mass is 10.4. The van der Waals surface area contributed by atoms with Crippen molar-refractivity contribution in [2.24, 2.45) is 5.73 Å². The molecular weight excluding hydrogens is 280 g/mol. The Hall–Kier alpha value is -1.99. The van der Waals surface area contributed by atoms with Crippen LogP contribution in [0.5, 0.6) is 0 Å². The van der Waals surface area contributed by atoms with Gasteiger partial charge in [-0.2, -0.15) is 5.10 Å². The van der Waals surface area contributed by atoms with Crippen LogP contribution in [0.25, 0.3) is 9.88 Å². The van der Waals surface area contributed by atoms with Crippen molar-refractivity contribution >= 4 is 28.6 Å². The van der Waals surface area contributed by atoms with Gasteiger partial charge in [0, 0.05) is 11.6 Å². The zero-order chi connectivity index (χ0) is 13.2. The third kappa shape index (κ3) is 2.56. The van der Waals surface area contributed by atoms with Crippen molar-refractivity contribution in [2.45, 2.75) is 6.54 Å². The van der Waals surface area contributed by atoms with E-state index in [9.17, 15) is 4.79 Å². The number of primary amides is 1. The van der Waals surface area contributed by atoms with Gasteiger partial charge in [-0.1, -0.05) is 6.07 Å². The Kier molecular flexibility index (Phi) is 3.14. The van der Waals surface area contributed by atoms with Gasteiger partial charge in [0.2, 0.25) is 0 Å². The lowest BCUT2D eigenvalue weighted by Crippen LogP contribution is -2.12. The Morgan fingerprint density at radius 3 is 2.95 bits per heavy atom. The molecule has 0 radical (unpaired) electrons. The number of hydrogen-bond donors (Lipinski definition) is 1. The van der Waals surface area contributed by atoms with Gasteiger partial charge in [0.25, 0.3) is 5.91 Å². The predicted molar refractivity (Wildman–Crippen MR) is 75.3 cm³/mol. The lowest BCUT2D eigenvalue weighted by molar-refractivity contribution is 0.0995. The van der Waals surface area contributed by atoms with Gasteiger partial charge in [0.05, 0.1) is 17.1 Å². The Bertz CT molecular complexity index is 699. The average Bonchev–Trinajstić information content (AvgIpc) is 3.09. The molecule has 0 aliphatic carbocycles. The van der Waals surface area contributed by atoms with E-state index in [-0.39, 0.29) is 5.69 Å². The molecule has 3 rings (SSSR count). The summed E-state index contributed by atoms with van der Waals surface area (Å²) in [5.74, 6) is -0.517. The number of rotatable bonds is 4. The summed E-state index contributed by atoms with van der Waals surface area (Å²) in [7, 11) is 0. The molecule has 0 atom stereocenters. The molecule has 1 amide bonds. The number of aromatic nitrogens is 3. The zero-order valence-electron chi connectivity index (χ0n) is 9.81. The predicted octanol–water partition coefficient (Wildman–Crippen LogP) is 2.22. The smallest absolute Gasteiger partial charge is 0.269 e. The van der Waals surface area contributed by atoms with Crippen LogP contribution in [-0.2, 0) is 6.54 Å². The zero-order valence-corrected chi connectivity index (χ0v) is 11.4. The molecule has 96 valence electrons. The van der Waals surface area contributed by atoms with Gasteiger partial charge >= 0.3 is 0 Å². The van der Waals surface area contributed by atoms with Crippen LogP contribution >= 0.6 is 22.7 Å². The van der Waals surface area contributed by atoms with Gasteiger partial charge in [-0.15, -0.1) is 22.7 Å². The summed E-state index contributed by atoms with van der Waals surface area (Å²) in [5, 5.41) is 9.12. The Labute approximate surface area is 117 Å². The van der Waals surface area contributed by atoms with E-state index in [1.54, 1.807) is 39.6 Å². The number of nitrogens with two attached hydrogens (primary N) is 1. The van der Waals surface area contributed by atoms with Crippen LogP contribution in [0.2, 0.25) is 0 Å². The van der Waals surface area contributed by atoms with Crippen LogP contribution in [0.15, 0.2) is 35.2 Å². The molecule has 3 aromatic heterocycles. The fraction of sp³-hybridized carbons (Fsp3) is 0.0833. The molecule has 19 heavy (non-hydrogen) atoms. The van der Waals surface area contributed by atoms with Crippen molar-refractivity contribution in [3.8, 4) is 9.88 Å². The second-order valence-corrected chi connectivity index (χ2v) is 5.69. The first-order chi connectivity index (χ1) is 9.22. The topological polar surface area (TPSA) is 73.8 Å². The molecule has 7 heteroatoms. The maximum Gasteiger partial charge on any atom is 0.269 e. The van der Waals surface area contributed by atoms with E-state index in [0.29, 0.717) is 6.54 Å². The number of thiazole rings is 1. The van der Waals surface area contributed by atoms with E-state index in [4.69, 9.17) is 5.73 Å². The highest BCUT2D eigenvalue weighted by molar-refractivity contribution is 7.20. The average molecular weight is 290 g/mol. The van der Waals surface area contributed by atoms with Crippen molar-refractivity contribution in [3.63, 3.8) is 0 Å². The SMILES string of the molecule is NC(=O)c1ccn(Cc2csc(-c3cccs3)n2)n1.